The Morgan fingerprint density at radius 3 is 2.28 bits per heavy atom. The van der Waals surface area contributed by atoms with Gasteiger partial charge in [0.1, 0.15) is 0 Å². The van der Waals surface area contributed by atoms with E-state index < -0.39 is 0 Å². The first-order valence-corrected chi connectivity index (χ1v) is 10.8. The number of anilines is 2. The zero-order chi connectivity index (χ0) is 21.9. The van der Waals surface area contributed by atoms with E-state index in [1.807, 2.05) is 78.9 Å². The Bertz CT molecular complexity index is 1230. The van der Waals surface area contributed by atoms with Crippen LogP contribution in [0.25, 0.3) is 22.0 Å². The van der Waals surface area contributed by atoms with Crippen LogP contribution in [0, 0.1) is 0 Å². The van der Waals surface area contributed by atoms with Gasteiger partial charge < -0.3 is 15.1 Å². The smallest absolute Gasteiger partial charge is 0.255 e. The molecule has 1 saturated heterocycles. The van der Waals surface area contributed by atoms with Gasteiger partial charge in [-0.3, -0.25) is 4.79 Å². The maximum Gasteiger partial charge on any atom is 0.255 e. The highest BCUT2D eigenvalue weighted by atomic mass is 16.1. The number of fused-ring (bicyclic) bond motifs is 1. The molecule has 1 aliphatic rings. The molecule has 0 saturated carbocycles. The number of likely N-dealkylation sites (N-methyl/N-ethyl adjacent to an activating group) is 1. The van der Waals surface area contributed by atoms with Crippen molar-refractivity contribution in [2.45, 2.75) is 0 Å². The molecule has 2 heterocycles. The van der Waals surface area contributed by atoms with Gasteiger partial charge >= 0.3 is 0 Å². The molecule has 0 radical (unpaired) electrons. The summed E-state index contributed by atoms with van der Waals surface area (Å²) < 4.78 is 0. The molecular formula is C26H25N5O. The fraction of sp³-hybridized carbons (Fsp3) is 0.192. The summed E-state index contributed by atoms with van der Waals surface area (Å²) >= 11 is 0. The molecule has 1 fully saturated rings. The van der Waals surface area contributed by atoms with E-state index in [1.165, 1.54) is 0 Å². The van der Waals surface area contributed by atoms with Gasteiger partial charge in [0.15, 0.2) is 5.82 Å². The molecule has 1 amide bonds. The maximum absolute atomic E-state index is 12.7. The van der Waals surface area contributed by atoms with E-state index in [4.69, 9.17) is 0 Å². The highest BCUT2D eigenvalue weighted by molar-refractivity contribution is 6.06. The number of nitrogens with one attached hydrogen (secondary N) is 1. The first kappa shape index (κ1) is 20.2. The van der Waals surface area contributed by atoms with E-state index >= 15 is 0 Å². The van der Waals surface area contributed by atoms with Crippen LogP contribution in [0.1, 0.15) is 10.4 Å². The van der Waals surface area contributed by atoms with Crippen molar-refractivity contribution in [1.29, 1.82) is 0 Å². The number of amides is 1. The molecule has 5 rings (SSSR count). The van der Waals surface area contributed by atoms with Gasteiger partial charge in [0.2, 0.25) is 0 Å². The Morgan fingerprint density at radius 2 is 1.56 bits per heavy atom. The summed E-state index contributed by atoms with van der Waals surface area (Å²) in [5, 5.41) is 14.0. The third-order valence-corrected chi connectivity index (χ3v) is 5.93. The van der Waals surface area contributed by atoms with Crippen molar-refractivity contribution in [3.05, 3.63) is 84.4 Å². The van der Waals surface area contributed by atoms with Crippen molar-refractivity contribution >= 4 is 28.2 Å². The van der Waals surface area contributed by atoms with Gasteiger partial charge in [-0.15, -0.1) is 10.2 Å². The lowest BCUT2D eigenvalue weighted by Gasteiger charge is -2.32. The van der Waals surface area contributed by atoms with E-state index in [9.17, 15) is 4.79 Å². The fourth-order valence-electron chi connectivity index (χ4n) is 3.94. The largest absolute Gasteiger partial charge is 0.353 e. The van der Waals surface area contributed by atoms with Gasteiger partial charge in [0, 0.05) is 43.0 Å². The Labute approximate surface area is 187 Å². The molecule has 1 N–H and O–H groups in total. The molecule has 4 aromatic rings. The molecule has 0 spiro atoms. The van der Waals surface area contributed by atoms with Crippen LogP contribution < -0.4 is 10.2 Å². The van der Waals surface area contributed by atoms with Gasteiger partial charge in [0.05, 0.1) is 5.69 Å². The Hall–Kier alpha value is -3.77. The van der Waals surface area contributed by atoms with Crippen LogP contribution in [0.3, 0.4) is 0 Å². The first-order valence-electron chi connectivity index (χ1n) is 10.8. The van der Waals surface area contributed by atoms with Crippen molar-refractivity contribution < 1.29 is 4.79 Å². The van der Waals surface area contributed by atoms with E-state index in [0.29, 0.717) is 5.56 Å². The topological polar surface area (TPSA) is 61.4 Å². The number of hydrogen-bond acceptors (Lipinski definition) is 5. The zero-order valence-electron chi connectivity index (χ0n) is 18.0. The summed E-state index contributed by atoms with van der Waals surface area (Å²) in [7, 11) is 2.14. The number of piperazine rings is 1. The van der Waals surface area contributed by atoms with Crippen molar-refractivity contribution in [2.75, 3.05) is 43.4 Å². The van der Waals surface area contributed by atoms with Crippen molar-refractivity contribution in [2.24, 2.45) is 0 Å². The molecule has 0 bridgehead atoms. The van der Waals surface area contributed by atoms with E-state index in [2.05, 4.69) is 32.4 Å². The lowest BCUT2D eigenvalue weighted by atomic mass is 10.1. The van der Waals surface area contributed by atoms with Crippen molar-refractivity contribution in [1.82, 2.24) is 15.1 Å². The molecule has 6 heteroatoms. The molecule has 3 aromatic carbocycles. The molecule has 160 valence electrons. The minimum atomic E-state index is -0.125. The number of carbonyl (C=O) groups is 1. The molecule has 0 unspecified atom stereocenters. The molecule has 6 nitrogen and oxygen atoms in total. The van der Waals surface area contributed by atoms with Crippen LogP contribution in [-0.2, 0) is 0 Å². The van der Waals surface area contributed by atoms with Gasteiger partial charge in [0.25, 0.3) is 5.91 Å². The van der Waals surface area contributed by atoms with Gasteiger partial charge in [-0.2, -0.15) is 0 Å². The normalized spacial score (nSPS) is 14.5. The summed E-state index contributed by atoms with van der Waals surface area (Å²) in [5.41, 5.74) is 3.16. The summed E-state index contributed by atoms with van der Waals surface area (Å²) in [6.07, 6.45) is 0. The van der Waals surface area contributed by atoms with Crippen molar-refractivity contribution in [3.8, 4) is 11.3 Å². The summed E-state index contributed by atoms with van der Waals surface area (Å²) in [6.45, 7) is 4.01. The molecular weight excluding hydrogens is 398 g/mol. The van der Waals surface area contributed by atoms with Crippen LogP contribution in [-0.4, -0.2) is 54.2 Å². The zero-order valence-corrected chi connectivity index (χ0v) is 18.0. The van der Waals surface area contributed by atoms with Crippen LogP contribution in [0.15, 0.2) is 78.9 Å². The first-order chi connectivity index (χ1) is 15.7. The van der Waals surface area contributed by atoms with E-state index in [-0.39, 0.29) is 5.91 Å². The quantitative estimate of drug-likeness (QED) is 0.530. The van der Waals surface area contributed by atoms with Crippen LogP contribution in [0.4, 0.5) is 11.5 Å². The minimum absolute atomic E-state index is 0.125. The molecule has 1 aromatic heterocycles. The molecule has 0 aliphatic carbocycles. The average Bonchev–Trinajstić information content (AvgIpc) is 2.85. The average molecular weight is 424 g/mol. The maximum atomic E-state index is 12.7. The molecule has 32 heavy (non-hydrogen) atoms. The number of aromatic nitrogens is 2. The third kappa shape index (κ3) is 4.31. The van der Waals surface area contributed by atoms with Gasteiger partial charge in [-0.05, 0) is 54.2 Å². The second kappa shape index (κ2) is 8.77. The number of hydrogen-bond donors (Lipinski definition) is 1. The summed E-state index contributed by atoms with van der Waals surface area (Å²) in [5.74, 6) is 0.793. The monoisotopic (exact) mass is 423 g/mol. The summed E-state index contributed by atoms with van der Waals surface area (Å²) in [6, 6.07) is 25.5. The minimum Gasteiger partial charge on any atom is -0.353 e. The fourth-order valence-corrected chi connectivity index (χ4v) is 3.94. The second-order valence-electron chi connectivity index (χ2n) is 8.16. The lowest BCUT2D eigenvalue weighted by Crippen LogP contribution is -2.44. The highest BCUT2D eigenvalue weighted by Crippen LogP contribution is 2.22. The Balaban J connectivity index is 1.26. The number of benzene rings is 3. The van der Waals surface area contributed by atoms with E-state index in [1.54, 1.807) is 0 Å². The standard InChI is InChI=1S/C26H25N5O/c1-30-14-16-31(17-15-30)25-13-12-24(28-29-25)20-8-10-23(11-9-20)27-26(32)22-7-6-19-4-2-3-5-21(19)18-22/h2-13,18H,14-17H2,1H3,(H,27,32). The SMILES string of the molecule is CN1CCN(c2ccc(-c3ccc(NC(=O)c4ccc5ccccc5c4)cc3)nn2)CC1. The number of rotatable bonds is 4. The van der Waals surface area contributed by atoms with Crippen molar-refractivity contribution in [3.63, 3.8) is 0 Å². The van der Waals surface area contributed by atoms with Gasteiger partial charge in [-0.25, -0.2) is 0 Å². The van der Waals surface area contributed by atoms with Crippen LogP contribution in [0.5, 0.6) is 0 Å². The third-order valence-electron chi connectivity index (χ3n) is 5.93. The molecule has 0 atom stereocenters. The lowest BCUT2D eigenvalue weighted by molar-refractivity contribution is 0.102. The van der Waals surface area contributed by atoms with E-state index in [0.717, 1.165) is 59.7 Å². The molecule has 1 aliphatic heterocycles. The predicted octanol–water partition coefficient (Wildman–Crippen LogP) is 4.30. The summed E-state index contributed by atoms with van der Waals surface area (Å²) in [4.78, 5) is 17.3. The van der Waals surface area contributed by atoms with Crippen LogP contribution in [0.2, 0.25) is 0 Å². The predicted molar refractivity (Wildman–Crippen MR) is 129 cm³/mol. The van der Waals surface area contributed by atoms with Gasteiger partial charge in [-0.1, -0.05) is 42.5 Å². The number of nitrogens with zero attached hydrogens (tertiary/aromatic N) is 4. The Kier molecular flexibility index (Phi) is 5.52. The number of carbonyl (C=O) groups excluding carboxylic acids is 1. The van der Waals surface area contributed by atoms with Crippen LogP contribution >= 0.6 is 0 Å². The Morgan fingerprint density at radius 1 is 0.812 bits per heavy atom. The highest BCUT2D eigenvalue weighted by Gasteiger charge is 2.15. The second-order valence-corrected chi connectivity index (χ2v) is 8.16.